The van der Waals surface area contributed by atoms with Gasteiger partial charge in [0.25, 0.3) is 0 Å². The van der Waals surface area contributed by atoms with Gasteiger partial charge in [0.15, 0.2) is 11.5 Å². The van der Waals surface area contributed by atoms with E-state index in [-0.39, 0.29) is 46.4 Å². The number of rotatable bonds is 11. The number of ether oxygens (including phenoxy) is 4. The Labute approximate surface area is 203 Å². The van der Waals surface area contributed by atoms with E-state index in [1.807, 2.05) is 0 Å². The smallest absolute Gasteiger partial charge is 0.336 e. The van der Waals surface area contributed by atoms with E-state index in [1.54, 1.807) is 24.5 Å². The van der Waals surface area contributed by atoms with Crippen LogP contribution >= 0.6 is 0 Å². The molecule has 0 fully saturated rings. The second-order valence-electron chi connectivity index (χ2n) is 7.29. The number of carbonyl (C=O) groups is 1. The maximum Gasteiger partial charge on any atom is 0.336 e. The Morgan fingerprint density at radius 3 is 2.14 bits per heavy atom. The van der Waals surface area contributed by atoms with Crippen LogP contribution in [0.5, 0.6) is 23.0 Å². The first-order valence-corrected chi connectivity index (χ1v) is 11.8. The van der Waals surface area contributed by atoms with E-state index in [1.165, 1.54) is 58.8 Å². The number of carboxylic acids is 1. The van der Waals surface area contributed by atoms with Crippen molar-refractivity contribution in [3.05, 3.63) is 71.5 Å². The minimum absolute atomic E-state index is 0.0125. The first-order chi connectivity index (χ1) is 16.8. The van der Waals surface area contributed by atoms with Gasteiger partial charge < -0.3 is 24.1 Å². The molecule has 3 aromatic rings. The summed E-state index contributed by atoms with van der Waals surface area (Å²) >= 11 is 0. The van der Waals surface area contributed by atoms with E-state index in [4.69, 9.17) is 18.9 Å². The fourth-order valence-corrected chi connectivity index (χ4v) is 4.95. The van der Waals surface area contributed by atoms with Crippen molar-refractivity contribution < 1.29 is 37.3 Å². The topological polar surface area (TPSA) is 124 Å². The summed E-state index contributed by atoms with van der Waals surface area (Å²) in [5, 5.41) is 9.91. The van der Waals surface area contributed by atoms with Crippen LogP contribution in [0.4, 0.5) is 0 Å². The van der Waals surface area contributed by atoms with Crippen molar-refractivity contribution >= 4 is 16.0 Å². The van der Waals surface area contributed by atoms with Gasteiger partial charge in [-0.3, -0.25) is 4.98 Å². The molecule has 186 valence electrons. The van der Waals surface area contributed by atoms with Crippen molar-refractivity contribution in [2.45, 2.75) is 18.0 Å². The SMILES string of the molecule is COc1ccc(S(=O)(=O)N(Cc2cccnc2)Cc2c(C(=O)O)cc(OC)c(OC)c2OC)cc1. The van der Waals surface area contributed by atoms with Crippen molar-refractivity contribution in [2.24, 2.45) is 0 Å². The number of pyridine rings is 1. The Bertz CT molecular complexity index is 1280. The van der Waals surface area contributed by atoms with Crippen LogP contribution in [0.15, 0.2) is 59.8 Å². The van der Waals surface area contributed by atoms with Crippen molar-refractivity contribution in [1.29, 1.82) is 0 Å². The molecule has 2 aromatic carbocycles. The Balaban J connectivity index is 2.19. The van der Waals surface area contributed by atoms with Crippen molar-refractivity contribution in [1.82, 2.24) is 9.29 Å². The fourth-order valence-electron chi connectivity index (χ4n) is 3.56. The molecule has 0 spiro atoms. The predicted octanol–water partition coefficient (Wildman–Crippen LogP) is 3.21. The zero-order chi connectivity index (χ0) is 25.6. The lowest BCUT2D eigenvalue weighted by Gasteiger charge is -2.25. The van der Waals surface area contributed by atoms with Gasteiger partial charge in [-0.15, -0.1) is 0 Å². The van der Waals surface area contributed by atoms with Crippen LogP contribution in [0, 0.1) is 0 Å². The molecular weight excluding hydrogens is 476 g/mol. The van der Waals surface area contributed by atoms with Crippen LogP contribution in [0.1, 0.15) is 21.5 Å². The molecular formula is C24H26N2O8S. The van der Waals surface area contributed by atoms with Crippen LogP contribution in [-0.4, -0.2) is 57.2 Å². The number of methoxy groups -OCH3 is 4. The predicted molar refractivity (Wildman–Crippen MR) is 127 cm³/mol. The van der Waals surface area contributed by atoms with Crippen LogP contribution in [0.2, 0.25) is 0 Å². The molecule has 0 atom stereocenters. The van der Waals surface area contributed by atoms with Crippen LogP contribution in [-0.2, 0) is 23.1 Å². The number of hydrogen-bond acceptors (Lipinski definition) is 8. The summed E-state index contributed by atoms with van der Waals surface area (Å²) in [7, 11) is 1.48. The Hall–Kier alpha value is -3.83. The molecule has 10 nitrogen and oxygen atoms in total. The molecule has 0 aliphatic carbocycles. The molecule has 0 aliphatic heterocycles. The van der Waals surface area contributed by atoms with Crippen molar-refractivity contribution in [2.75, 3.05) is 28.4 Å². The fraction of sp³-hybridized carbons (Fsp3) is 0.250. The van der Waals surface area contributed by atoms with E-state index >= 15 is 0 Å². The maximum atomic E-state index is 13.7. The molecule has 35 heavy (non-hydrogen) atoms. The number of aromatic carboxylic acids is 1. The van der Waals surface area contributed by atoms with Gasteiger partial charge in [0, 0.05) is 31.0 Å². The number of aromatic nitrogens is 1. The highest BCUT2D eigenvalue weighted by Gasteiger charge is 2.31. The van der Waals surface area contributed by atoms with Crippen LogP contribution < -0.4 is 18.9 Å². The molecule has 0 aliphatic rings. The first kappa shape index (κ1) is 25.8. The van der Waals surface area contributed by atoms with Crippen LogP contribution in [0.25, 0.3) is 0 Å². The van der Waals surface area contributed by atoms with E-state index in [2.05, 4.69) is 4.98 Å². The summed E-state index contributed by atoms with van der Waals surface area (Å²) in [4.78, 5) is 16.2. The third kappa shape index (κ3) is 5.47. The maximum absolute atomic E-state index is 13.7. The lowest BCUT2D eigenvalue weighted by atomic mass is 10.0. The summed E-state index contributed by atoms with van der Waals surface area (Å²) in [5.74, 6) is -0.425. The molecule has 0 saturated carbocycles. The highest BCUT2D eigenvalue weighted by Crippen LogP contribution is 2.43. The van der Waals surface area contributed by atoms with Gasteiger partial charge in [-0.1, -0.05) is 6.07 Å². The van der Waals surface area contributed by atoms with Gasteiger partial charge in [0.05, 0.1) is 38.9 Å². The number of hydrogen-bond donors (Lipinski definition) is 1. The first-order valence-electron chi connectivity index (χ1n) is 10.3. The standard InChI is InChI=1S/C24H26N2O8S/c1-31-17-7-9-18(10-8-17)35(29,30)26(14-16-6-5-11-25-13-16)15-20-19(24(27)28)12-21(32-2)23(34-4)22(20)33-3/h5-13H,14-15H2,1-4H3,(H,27,28). The molecule has 11 heteroatoms. The number of sulfonamides is 1. The minimum Gasteiger partial charge on any atom is -0.497 e. The molecule has 0 saturated heterocycles. The quantitative estimate of drug-likeness (QED) is 0.421. The molecule has 0 bridgehead atoms. The molecule has 3 rings (SSSR count). The molecule has 0 radical (unpaired) electrons. The summed E-state index contributed by atoms with van der Waals surface area (Å²) in [6.45, 7) is -0.396. The highest BCUT2D eigenvalue weighted by atomic mass is 32.2. The van der Waals surface area contributed by atoms with Gasteiger partial charge in [0.2, 0.25) is 15.8 Å². The third-order valence-corrected chi connectivity index (χ3v) is 7.08. The Morgan fingerprint density at radius 2 is 1.63 bits per heavy atom. The van der Waals surface area contributed by atoms with Gasteiger partial charge in [-0.25, -0.2) is 13.2 Å². The summed E-state index contributed by atoms with van der Waals surface area (Å²) in [6, 6.07) is 10.6. The lowest BCUT2D eigenvalue weighted by molar-refractivity contribution is 0.0693. The monoisotopic (exact) mass is 502 g/mol. The van der Waals surface area contributed by atoms with Crippen molar-refractivity contribution in [3.63, 3.8) is 0 Å². The zero-order valence-corrected chi connectivity index (χ0v) is 20.5. The average molecular weight is 503 g/mol. The Kier molecular flexibility index (Phi) is 8.15. The zero-order valence-electron chi connectivity index (χ0n) is 19.7. The van der Waals surface area contributed by atoms with E-state index < -0.39 is 16.0 Å². The van der Waals surface area contributed by atoms with Gasteiger partial charge in [-0.05, 0) is 42.0 Å². The van der Waals surface area contributed by atoms with Crippen molar-refractivity contribution in [3.8, 4) is 23.0 Å². The second-order valence-corrected chi connectivity index (χ2v) is 9.22. The van der Waals surface area contributed by atoms with E-state index in [0.29, 0.717) is 11.3 Å². The van der Waals surface area contributed by atoms with E-state index in [9.17, 15) is 18.3 Å². The third-order valence-electron chi connectivity index (χ3n) is 5.28. The summed E-state index contributed by atoms with van der Waals surface area (Å²) in [6.07, 6.45) is 3.12. The lowest BCUT2D eigenvalue weighted by Crippen LogP contribution is -2.31. The van der Waals surface area contributed by atoms with Gasteiger partial charge in [-0.2, -0.15) is 4.31 Å². The molecule has 1 heterocycles. The van der Waals surface area contributed by atoms with E-state index in [0.717, 1.165) is 4.31 Å². The number of nitrogens with zero attached hydrogens (tertiary/aromatic N) is 2. The molecule has 0 amide bonds. The molecule has 1 aromatic heterocycles. The summed E-state index contributed by atoms with van der Waals surface area (Å²) in [5.41, 5.74) is 0.542. The van der Waals surface area contributed by atoms with Gasteiger partial charge in [0.1, 0.15) is 5.75 Å². The highest BCUT2D eigenvalue weighted by molar-refractivity contribution is 7.89. The molecule has 0 unspecified atom stereocenters. The van der Waals surface area contributed by atoms with Gasteiger partial charge >= 0.3 is 5.97 Å². The number of carboxylic acid groups (broad SMARTS) is 1. The minimum atomic E-state index is -4.10. The average Bonchev–Trinajstić information content (AvgIpc) is 2.87. The number of benzene rings is 2. The normalized spacial score (nSPS) is 11.2. The van der Waals surface area contributed by atoms with Crippen LogP contribution in [0.3, 0.4) is 0 Å². The molecule has 1 N–H and O–H groups in total. The Morgan fingerprint density at radius 1 is 0.943 bits per heavy atom. The second kappa shape index (κ2) is 11.1. The summed E-state index contributed by atoms with van der Waals surface area (Å²) < 4.78 is 49.9. The largest absolute Gasteiger partial charge is 0.497 e.